The molecule has 0 heterocycles. The number of aliphatic hydroxyl groups excluding tert-OH is 1. The largest absolute Gasteiger partial charge is 0.396 e. The first kappa shape index (κ1) is 15.3. The predicted octanol–water partition coefficient (Wildman–Crippen LogP) is 4.62. The molecule has 1 atom stereocenters. The fraction of sp³-hybridized carbons (Fsp3) is 0.333. The summed E-state index contributed by atoms with van der Waals surface area (Å²) in [4.78, 5) is 0. The molecule has 0 aliphatic carbocycles. The number of hydrogen-bond acceptors (Lipinski definition) is 1. The molecule has 2 heteroatoms. The van der Waals surface area contributed by atoms with Crippen molar-refractivity contribution in [2.75, 3.05) is 6.61 Å². The summed E-state index contributed by atoms with van der Waals surface area (Å²) in [5.41, 5.74) is 2.66. The van der Waals surface area contributed by atoms with Gasteiger partial charge >= 0.3 is 0 Å². The summed E-state index contributed by atoms with van der Waals surface area (Å²) in [5.74, 6) is 0.345. The molecule has 0 aromatic heterocycles. The van der Waals surface area contributed by atoms with Gasteiger partial charge in [-0.25, -0.2) is 0 Å². The summed E-state index contributed by atoms with van der Waals surface area (Å²) in [5, 5.41) is 9.56. The van der Waals surface area contributed by atoms with Crippen LogP contribution in [0, 0.1) is 5.92 Å². The van der Waals surface area contributed by atoms with Crippen molar-refractivity contribution in [2.45, 2.75) is 25.7 Å². The Balaban J connectivity index is 1.82. The monoisotopic (exact) mass is 332 g/mol. The highest BCUT2D eigenvalue weighted by Crippen LogP contribution is 2.22. The summed E-state index contributed by atoms with van der Waals surface area (Å²) < 4.78 is 1.14. The fourth-order valence-corrected chi connectivity index (χ4v) is 2.92. The van der Waals surface area contributed by atoms with Gasteiger partial charge in [-0.3, -0.25) is 0 Å². The Morgan fingerprint density at radius 3 is 2.35 bits per heavy atom. The van der Waals surface area contributed by atoms with Gasteiger partial charge in [0.2, 0.25) is 0 Å². The van der Waals surface area contributed by atoms with E-state index in [4.69, 9.17) is 0 Å². The Labute approximate surface area is 129 Å². The van der Waals surface area contributed by atoms with Crippen LogP contribution in [0.5, 0.6) is 0 Å². The van der Waals surface area contributed by atoms with Crippen molar-refractivity contribution in [1.29, 1.82) is 0 Å². The van der Waals surface area contributed by atoms with E-state index in [1.54, 1.807) is 0 Å². The molecule has 0 spiro atoms. The van der Waals surface area contributed by atoms with Gasteiger partial charge < -0.3 is 5.11 Å². The van der Waals surface area contributed by atoms with E-state index in [0.29, 0.717) is 5.92 Å². The normalized spacial score (nSPS) is 12.3. The third kappa shape index (κ3) is 4.77. The van der Waals surface area contributed by atoms with Crippen molar-refractivity contribution in [2.24, 2.45) is 5.92 Å². The van der Waals surface area contributed by atoms with Gasteiger partial charge in [-0.1, -0.05) is 64.5 Å². The number of aryl methyl sites for hydroxylation is 1. The molecule has 0 aliphatic rings. The molecule has 106 valence electrons. The van der Waals surface area contributed by atoms with Crippen LogP contribution < -0.4 is 0 Å². The SMILES string of the molecule is OCC(CCCc1ccccc1)Cc1ccccc1Br. The lowest BCUT2D eigenvalue weighted by Crippen LogP contribution is -2.10. The number of hydrogen-bond donors (Lipinski definition) is 1. The third-order valence-electron chi connectivity index (χ3n) is 3.65. The molecule has 0 radical (unpaired) electrons. The molecule has 2 rings (SSSR count). The number of halogens is 1. The van der Waals surface area contributed by atoms with Crippen molar-refractivity contribution in [1.82, 2.24) is 0 Å². The van der Waals surface area contributed by atoms with Crippen molar-refractivity contribution >= 4 is 15.9 Å². The van der Waals surface area contributed by atoms with E-state index in [1.807, 2.05) is 12.1 Å². The van der Waals surface area contributed by atoms with Crippen LogP contribution in [0.3, 0.4) is 0 Å². The van der Waals surface area contributed by atoms with Gasteiger partial charge in [-0.05, 0) is 48.8 Å². The van der Waals surface area contributed by atoms with Crippen molar-refractivity contribution in [3.8, 4) is 0 Å². The first-order valence-electron chi connectivity index (χ1n) is 7.18. The summed E-state index contributed by atoms with van der Waals surface area (Å²) in [7, 11) is 0. The van der Waals surface area contributed by atoms with E-state index < -0.39 is 0 Å². The first-order chi connectivity index (χ1) is 9.79. The average Bonchev–Trinajstić information content (AvgIpc) is 2.49. The molecule has 2 aromatic carbocycles. The van der Waals surface area contributed by atoms with Gasteiger partial charge in [0.05, 0.1) is 0 Å². The Morgan fingerprint density at radius 2 is 1.65 bits per heavy atom. The van der Waals surface area contributed by atoms with E-state index in [1.165, 1.54) is 11.1 Å². The lowest BCUT2D eigenvalue weighted by Gasteiger charge is -2.15. The molecular weight excluding hydrogens is 312 g/mol. The van der Waals surface area contributed by atoms with Crippen LogP contribution in [0.2, 0.25) is 0 Å². The second-order valence-electron chi connectivity index (χ2n) is 5.22. The van der Waals surface area contributed by atoms with Crippen molar-refractivity contribution in [3.05, 3.63) is 70.2 Å². The van der Waals surface area contributed by atoms with Gasteiger partial charge in [0, 0.05) is 11.1 Å². The van der Waals surface area contributed by atoms with Crippen LogP contribution in [-0.4, -0.2) is 11.7 Å². The molecule has 0 aliphatic heterocycles. The maximum absolute atomic E-state index is 9.56. The lowest BCUT2D eigenvalue weighted by atomic mass is 9.94. The molecule has 0 amide bonds. The third-order valence-corrected chi connectivity index (χ3v) is 4.42. The molecule has 1 unspecified atom stereocenters. The quantitative estimate of drug-likeness (QED) is 0.784. The minimum Gasteiger partial charge on any atom is -0.396 e. The number of benzene rings is 2. The van der Waals surface area contributed by atoms with Crippen LogP contribution in [0.1, 0.15) is 24.0 Å². The van der Waals surface area contributed by atoms with Crippen LogP contribution in [0.15, 0.2) is 59.1 Å². The molecule has 2 aromatic rings. The van der Waals surface area contributed by atoms with Crippen molar-refractivity contribution in [3.63, 3.8) is 0 Å². The van der Waals surface area contributed by atoms with Crippen LogP contribution in [0.25, 0.3) is 0 Å². The topological polar surface area (TPSA) is 20.2 Å². The standard InChI is InChI=1S/C18H21BrO/c19-18-12-5-4-11-17(18)13-16(14-20)10-6-9-15-7-2-1-3-8-15/h1-5,7-8,11-12,16,20H,6,9-10,13-14H2. The molecule has 1 N–H and O–H groups in total. The van der Waals surface area contributed by atoms with E-state index in [-0.39, 0.29) is 6.61 Å². The van der Waals surface area contributed by atoms with E-state index >= 15 is 0 Å². The smallest absolute Gasteiger partial charge is 0.0462 e. The van der Waals surface area contributed by atoms with Crippen LogP contribution >= 0.6 is 15.9 Å². The molecule has 1 nitrogen and oxygen atoms in total. The maximum atomic E-state index is 9.56. The maximum Gasteiger partial charge on any atom is 0.0462 e. The second-order valence-corrected chi connectivity index (χ2v) is 6.08. The van der Waals surface area contributed by atoms with Gasteiger partial charge in [0.25, 0.3) is 0 Å². The number of rotatable bonds is 7. The van der Waals surface area contributed by atoms with E-state index in [0.717, 1.165) is 30.2 Å². The highest BCUT2D eigenvalue weighted by molar-refractivity contribution is 9.10. The molecule has 0 saturated heterocycles. The summed E-state index contributed by atoms with van der Waals surface area (Å²) in [6.45, 7) is 0.260. The Bertz CT molecular complexity index is 510. The Hall–Kier alpha value is -1.12. The highest BCUT2D eigenvalue weighted by Gasteiger charge is 2.10. The minimum atomic E-state index is 0.260. The van der Waals surface area contributed by atoms with Crippen LogP contribution in [-0.2, 0) is 12.8 Å². The first-order valence-corrected chi connectivity index (χ1v) is 7.97. The van der Waals surface area contributed by atoms with Gasteiger partial charge in [0.1, 0.15) is 0 Å². The Morgan fingerprint density at radius 1 is 0.950 bits per heavy atom. The lowest BCUT2D eigenvalue weighted by molar-refractivity contribution is 0.215. The fourth-order valence-electron chi connectivity index (χ4n) is 2.47. The van der Waals surface area contributed by atoms with Gasteiger partial charge in [0.15, 0.2) is 0 Å². The zero-order chi connectivity index (χ0) is 14.2. The number of aliphatic hydroxyl groups is 1. The van der Waals surface area contributed by atoms with Gasteiger partial charge in [-0.15, -0.1) is 0 Å². The zero-order valence-electron chi connectivity index (χ0n) is 11.6. The van der Waals surface area contributed by atoms with Crippen LogP contribution in [0.4, 0.5) is 0 Å². The van der Waals surface area contributed by atoms with E-state index in [2.05, 4.69) is 58.4 Å². The molecule has 20 heavy (non-hydrogen) atoms. The van der Waals surface area contributed by atoms with E-state index in [9.17, 15) is 5.11 Å². The molecular formula is C18H21BrO. The Kier molecular flexibility index (Phi) is 6.28. The second kappa shape index (κ2) is 8.23. The van der Waals surface area contributed by atoms with Gasteiger partial charge in [-0.2, -0.15) is 0 Å². The summed E-state index contributed by atoms with van der Waals surface area (Å²) in [6.07, 6.45) is 4.21. The predicted molar refractivity (Wildman–Crippen MR) is 87.8 cm³/mol. The zero-order valence-corrected chi connectivity index (χ0v) is 13.2. The van der Waals surface area contributed by atoms with Crippen molar-refractivity contribution < 1.29 is 5.11 Å². The molecule has 0 saturated carbocycles. The molecule has 0 fully saturated rings. The molecule has 0 bridgehead atoms. The minimum absolute atomic E-state index is 0.260. The average molecular weight is 333 g/mol. The highest BCUT2D eigenvalue weighted by atomic mass is 79.9. The summed E-state index contributed by atoms with van der Waals surface area (Å²) >= 11 is 3.58. The summed E-state index contributed by atoms with van der Waals surface area (Å²) in [6, 6.07) is 18.8.